The Bertz CT molecular complexity index is 162. The van der Waals surface area contributed by atoms with E-state index in [0.29, 0.717) is 11.7 Å². The number of fused-ring (bicyclic) bond motifs is 1. The van der Waals surface area contributed by atoms with Gasteiger partial charge in [-0.3, -0.25) is 4.79 Å². The van der Waals surface area contributed by atoms with Crippen LogP contribution in [0.4, 0.5) is 0 Å². The molecule has 0 aromatic heterocycles. The Morgan fingerprint density at radius 2 is 1.82 bits per heavy atom. The van der Waals surface area contributed by atoms with Crippen molar-refractivity contribution in [2.45, 2.75) is 44.9 Å². The molecule has 2 fully saturated rings. The van der Waals surface area contributed by atoms with Crippen LogP contribution in [0.25, 0.3) is 0 Å². The maximum absolute atomic E-state index is 11.5. The molecule has 2 rings (SSSR count). The molecule has 0 aliphatic heterocycles. The first-order valence-corrected chi connectivity index (χ1v) is 4.90. The molecule has 0 bridgehead atoms. The highest BCUT2D eigenvalue weighted by atomic mass is 16.1. The van der Waals surface area contributed by atoms with Gasteiger partial charge in [0.15, 0.2) is 0 Å². The van der Waals surface area contributed by atoms with Gasteiger partial charge in [0.25, 0.3) is 0 Å². The van der Waals surface area contributed by atoms with Crippen molar-refractivity contribution in [3.05, 3.63) is 0 Å². The van der Waals surface area contributed by atoms with E-state index in [9.17, 15) is 4.79 Å². The van der Waals surface area contributed by atoms with Crippen molar-refractivity contribution in [1.29, 1.82) is 0 Å². The van der Waals surface area contributed by atoms with Crippen molar-refractivity contribution >= 4 is 5.78 Å². The van der Waals surface area contributed by atoms with Crippen LogP contribution in [0.3, 0.4) is 0 Å². The van der Waals surface area contributed by atoms with E-state index >= 15 is 0 Å². The van der Waals surface area contributed by atoms with Crippen LogP contribution in [0.2, 0.25) is 0 Å². The van der Waals surface area contributed by atoms with Crippen LogP contribution in [0, 0.1) is 11.8 Å². The standard InChI is InChI=1S/C10H16O/c11-10-7-2-1-4-8-5-3-6-9(8)10/h8-9H,1-7H2/t8-,9+/m1/s1. The van der Waals surface area contributed by atoms with Crippen LogP contribution in [0.15, 0.2) is 0 Å². The minimum Gasteiger partial charge on any atom is -0.299 e. The lowest BCUT2D eigenvalue weighted by atomic mass is 9.91. The van der Waals surface area contributed by atoms with Crippen LogP contribution >= 0.6 is 0 Å². The Morgan fingerprint density at radius 3 is 2.73 bits per heavy atom. The second kappa shape index (κ2) is 2.96. The van der Waals surface area contributed by atoms with Gasteiger partial charge < -0.3 is 0 Å². The number of ketones is 1. The predicted molar refractivity (Wildman–Crippen MR) is 44.3 cm³/mol. The summed E-state index contributed by atoms with van der Waals surface area (Å²) < 4.78 is 0. The minimum absolute atomic E-state index is 0.484. The molecule has 0 aromatic carbocycles. The van der Waals surface area contributed by atoms with E-state index in [4.69, 9.17) is 0 Å². The van der Waals surface area contributed by atoms with Crippen LogP contribution in [-0.2, 0) is 4.79 Å². The van der Waals surface area contributed by atoms with Crippen molar-refractivity contribution in [1.82, 2.24) is 0 Å². The molecule has 0 N–H and O–H groups in total. The zero-order valence-corrected chi connectivity index (χ0v) is 7.01. The van der Waals surface area contributed by atoms with Gasteiger partial charge in [-0.2, -0.15) is 0 Å². The van der Waals surface area contributed by atoms with E-state index in [0.717, 1.165) is 18.8 Å². The highest BCUT2D eigenvalue weighted by molar-refractivity contribution is 5.81. The van der Waals surface area contributed by atoms with Crippen molar-refractivity contribution < 1.29 is 4.79 Å². The van der Waals surface area contributed by atoms with Crippen LogP contribution < -0.4 is 0 Å². The van der Waals surface area contributed by atoms with E-state index in [2.05, 4.69) is 0 Å². The second-order valence-electron chi connectivity index (χ2n) is 4.01. The van der Waals surface area contributed by atoms with Crippen LogP contribution in [0.5, 0.6) is 0 Å². The van der Waals surface area contributed by atoms with Crippen LogP contribution in [-0.4, -0.2) is 5.78 Å². The maximum atomic E-state index is 11.5. The molecule has 62 valence electrons. The fraction of sp³-hybridized carbons (Fsp3) is 0.900. The van der Waals surface area contributed by atoms with E-state index in [-0.39, 0.29) is 0 Å². The van der Waals surface area contributed by atoms with Crippen molar-refractivity contribution in [2.24, 2.45) is 11.8 Å². The maximum Gasteiger partial charge on any atom is 0.136 e. The molecular weight excluding hydrogens is 136 g/mol. The molecule has 11 heavy (non-hydrogen) atoms. The number of Topliss-reactive ketones (excluding diaryl/α,β-unsaturated/α-hetero) is 1. The van der Waals surface area contributed by atoms with Gasteiger partial charge >= 0.3 is 0 Å². The number of rotatable bonds is 0. The van der Waals surface area contributed by atoms with E-state index in [1.165, 1.54) is 32.1 Å². The summed E-state index contributed by atoms with van der Waals surface area (Å²) >= 11 is 0. The van der Waals surface area contributed by atoms with Crippen molar-refractivity contribution in [3.8, 4) is 0 Å². The first-order chi connectivity index (χ1) is 5.38. The van der Waals surface area contributed by atoms with Gasteiger partial charge in [0.2, 0.25) is 0 Å². The second-order valence-corrected chi connectivity index (χ2v) is 4.01. The largest absolute Gasteiger partial charge is 0.299 e. The summed E-state index contributed by atoms with van der Waals surface area (Å²) in [5, 5.41) is 0. The highest BCUT2D eigenvalue weighted by Gasteiger charge is 2.33. The molecule has 1 nitrogen and oxygen atoms in total. The van der Waals surface area contributed by atoms with Gasteiger partial charge in [0.1, 0.15) is 5.78 Å². The first kappa shape index (κ1) is 7.33. The Morgan fingerprint density at radius 1 is 1.00 bits per heavy atom. The Hall–Kier alpha value is -0.330. The summed E-state index contributed by atoms with van der Waals surface area (Å²) in [6.07, 6.45) is 8.50. The smallest absolute Gasteiger partial charge is 0.136 e. The molecule has 0 aromatic rings. The molecule has 0 spiro atoms. The SMILES string of the molecule is O=C1CCCC[C@@H]2CCC[C@H]12. The molecular formula is C10H16O. The summed E-state index contributed by atoms with van der Waals surface area (Å²) in [4.78, 5) is 11.5. The molecule has 1 heteroatoms. The average Bonchev–Trinajstić information content (AvgIpc) is 2.40. The van der Waals surface area contributed by atoms with Gasteiger partial charge in [-0.1, -0.05) is 12.8 Å². The normalized spacial score (nSPS) is 38.4. The molecule has 0 radical (unpaired) electrons. The first-order valence-electron chi connectivity index (χ1n) is 4.90. The molecule has 2 aliphatic carbocycles. The highest BCUT2D eigenvalue weighted by Crippen LogP contribution is 2.38. The molecule has 2 aliphatic rings. The van der Waals surface area contributed by atoms with E-state index in [1.807, 2.05) is 0 Å². The van der Waals surface area contributed by atoms with Gasteiger partial charge in [0, 0.05) is 12.3 Å². The van der Waals surface area contributed by atoms with Gasteiger partial charge in [-0.15, -0.1) is 0 Å². The third-order valence-electron chi connectivity index (χ3n) is 3.32. The molecule has 0 heterocycles. The van der Waals surface area contributed by atoms with E-state index < -0.39 is 0 Å². The van der Waals surface area contributed by atoms with Gasteiger partial charge in [0.05, 0.1) is 0 Å². The summed E-state index contributed by atoms with van der Waals surface area (Å²) in [7, 11) is 0. The number of carbonyl (C=O) groups excluding carboxylic acids is 1. The number of hydrogen-bond acceptors (Lipinski definition) is 1. The lowest BCUT2D eigenvalue weighted by molar-refractivity contribution is -0.123. The summed E-state index contributed by atoms with van der Waals surface area (Å²) in [5.74, 6) is 1.84. The topological polar surface area (TPSA) is 17.1 Å². The number of carbonyl (C=O) groups is 1. The Kier molecular flexibility index (Phi) is 1.97. The molecule has 0 unspecified atom stereocenters. The predicted octanol–water partition coefficient (Wildman–Crippen LogP) is 2.55. The summed E-state index contributed by atoms with van der Waals surface area (Å²) in [5.41, 5.74) is 0. The van der Waals surface area contributed by atoms with Crippen molar-refractivity contribution in [3.63, 3.8) is 0 Å². The van der Waals surface area contributed by atoms with E-state index in [1.54, 1.807) is 0 Å². The number of hydrogen-bond donors (Lipinski definition) is 0. The zero-order chi connectivity index (χ0) is 7.68. The molecule has 0 saturated heterocycles. The molecule has 2 atom stereocenters. The Balaban J connectivity index is 2.09. The lowest BCUT2D eigenvalue weighted by Crippen LogP contribution is -2.15. The average molecular weight is 152 g/mol. The zero-order valence-electron chi connectivity index (χ0n) is 7.01. The van der Waals surface area contributed by atoms with Gasteiger partial charge in [-0.25, -0.2) is 0 Å². The third-order valence-corrected chi connectivity index (χ3v) is 3.32. The quantitative estimate of drug-likeness (QED) is 0.521. The fourth-order valence-corrected chi connectivity index (χ4v) is 2.70. The fourth-order valence-electron chi connectivity index (χ4n) is 2.70. The molecule has 0 amide bonds. The van der Waals surface area contributed by atoms with Crippen LogP contribution in [0.1, 0.15) is 44.9 Å². The third kappa shape index (κ3) is 1.33. The monoisotopic (exact) mass is 152 g/mol. The minimum atomic E-state index is 0.484. The van der Waals surface area contributed by atoms with Crippen molar-refractivity contribution in [2.75, 3.05) is 0 Å². The molecule has 2 saturated carbocycles. The summed E-state index contributed by atoms with van der Waals surface area (Å²) in [6.45, 7) is 0. The van der Waals surface area contributed by atoms with Gasteiger partial charge in [-0.05, 0) is 31.6 Å². The lowest BCUT2D eigenvalue weighted by Gasteiger charge is -2.13. The Labute approximate surface area is 68.2 Å². The summed E-state index contributed by atoms with van der Waals surface area (Å²) in [6, 6.07) is 0.